The summed E-state index contributed by atoms with van der Waals surface area (Å²) in [6.07, 6.45) is 8.31. The van der Waals surface area contributed by atoms with Gasteiger partial charge in [-0.25, -0.2) is 0 Å². The summed E-state index contributed by atoms with van der Waals surface area (Å²) in [6.45, 7) is 0. The quantitative estimate of drug-likeness (QED) is 0.252. The third kappa shape index (κ3) is 6.50. The first kappa shape index (κ1) is 20.0. The summed E-state index contributed by atoms with van der Waals surface area (Å²) in [5.74, 6) is 0. The molecular weight excluding hydrogens is 391 g/mol. The summed E-state index contributed by atoms with van der Waals surface area (Å²) in [6, 6.07) is 35.3. The second kappa shape index (κ2) is 11.3. The average Bonchev–Trinajstić information content (AvgIpc) is 3.16. The van der Waals surface area contributed by atoms with Crippen LogP contribution >= 0.6 is 0 Å². The van der Waals surface area contributed by atoms with Gasteiger partial charge in [0.25, 0.3) is 0 Å². The Bertz CT molecular complexity index is 854. The van der Waals surface area contributed by atoms with E-state index in [0.29, 0.717) is 0 Å². The van der Waals surface area contributed by atoms with Gasteiger partial charge >= 0.3 is 0 Å². The second-order valence-corrected chi connectivity index (χ2v) is 5.69. The molecule has 0 heterocycles. The van der Waals surface area contributed by atoms with Gasteiger partial charge in [-0.15, -0.1) is 29.7 Å². The number of hydrogen-bond acceptors (Lipinski definition) is 0. The van der Waals surface area contributed by atoms with Crippen LogP contribution in [0.1, 0.15) is 11.1 Å². The van der Waals surface area contributed by atoms with Gasteiger partial charge in [-0.05, 0) is 11.1 Å². The van der Waals surface area contributed by atoms with E-state index in [9.17, 15) is 0 Å². The van der Waals surface area contributed by atoms with E-state index in [0.717, 1.165) is 0 Å². The van der Waals surface area contributed by atoms with Gasteiger partial charge in [-0.2, -0.15) is 17.5 Å². The van der Waals surface area contributed by atoms with E-state index < -0.39 is 0 Å². The van der Waals surface area contributed by atoms with Crippen LogP contribution in [-0.2, 0) is 26.2 Å². The Kier molecular flexibility index (Phi) is 8.66. The Balaban J connectivity index is 0.000000206. The van der Waals surface area contributed by atoms with E-state index in [1.165, 1.54) is 21.9 Å². The van der Waals surface area contributed by atoms with Crippen LogP contribution in [-0.4, -0.2) is 0 Å². The van der Waals surface area contributed by atoms with Gasteiger partial charge in [0.15, 0.2) is 0 Å². The van der Waals surface area contributed by atoms with Crippen LogP contribution in [0.2, 0.25) is 0 Å². The van der Waals surface area contributed by atoms with E-state index in [-0.39, 0.29) is 26.2 Å². The first-order valence-corrected chi connectivity index (χ1v) is 8.47. The average molecular weight is 413 g/mol. The molecule has 0 bridgehead atoms. The van der Waals surface area contributed by atoms with Crippen LogP contribution in [0, 0.1) is 0 Å². The maximum atomic E-state index is 2.12. The molecule has 0 radical (unpaired) electrons. The molecule has 0 aliphatic rings. The smallest absolute Gasteiger partial charge is 0 e. The maximum absolute atomic E-state index is 2.12. The molecule has 0 N–H and O–H groups in total. The Morgan fingerprint density at radius 3 is 1.58 bits per heavy atom. The number of rotatable bonds is 3. The van der Waals surface area contributed by atoms with Gasteiger partial charge < -0.3 is 0 Å². The van der Waals surface area contributed by atoms with Crippen molar-refractivity contribution >= 4 is 22.9 Å². The normalized spacial score (nSPS) is 10.5. The minimum atomic E-state index is 0. The number of benzene rings is 3. The minimum absolute atomic E-state index is 0. The van der Waals surface area contributed by atoms with Gasteiger partial charge in [0.1, 0.15) is 0 Å². The summed E-state index contributed by atoms with van der Waals surface area (Å²) in [5, 5.41) is 2.66. The van der Waals surface area contributed by atoms with Gasteiger partial charge in [0.2, 0.25) is 0 Å². The van der Waals surface area contributed by atoms with E-state index in [4.69, 9.17) is 0 Å². The summed E-state index contributed by atoms with van der Waals surface area (Å²) in [5.41, 5.74) is 2.44. The van der Waals surface area contributed by atoms with Gasteiger partial charge in [0, 0.05) is 26.2 Å². The molecule has 1 heteroatoms. The van der Waals surface area contributed by atoms with Crippen LogP contribution in [0.5, 0.6) is 0 Å². The van der Waals surface area contributed by atoms with Crippen molar-refractivity contribution in [3.8, 4) is 0 Å². The number of fused-ring (bicyclic) bond motifs is 1. The molecule has 0 aliphatic heterocycles. The zero-order chi connectivity index (χ0) is 17.2. The molecule has 0 aliphatic carbocycles. The fourth-order valence-corrected chi connectivity index (χ4v) is 2.53. The van der Waals surface area contributed by atoms with Crippen molar-refractivity contribution in [3.05, 3.63) is 126 Å². The predicted octanol–water partition coefficient (Wildman–Crippen LogP) is 6.97. The molecule has 0 spiro atoms. The summed E-state index contributed by atoms with van der Waals surface area (Å²) >= 11 is 0. The van der Waals surface area contributed by atoms with Crippen LogP contribution in [0.15, 0.2) is 115 Å². The monoisotopic (exact) mass is 411 g/mol. The van der Waals surface area contributed by atoms with Crippen molar-refractivity contribution in [3.63, 3.8) is 0 Å². The molecule has 0 unspecified atom stereocenters. The summed E-state index contributed by atoms with van der Waals surface area (Å²) < 4.78 is 0. The maximum Gasteiger partial charge on any atom is 0 e. The Morgan fingerprint density at radius 2 is 1.04 bits per heavy atom. The molecule has 0 atom stereocenters. The SMILES string of the molecule is C(C=Cc1ccccc1)=Cc1ccccc1.[Zr].c1ccc2[cH-]ccc2c1. The molecule has 4 rings (SSSR count). The van der Waals surface area contributed by atoms with Crippen LogP contribution in [0.4, 0.5) is 0 Å². The van der Waals surface area contributed by atoms with Crippen LogP contribution < -0.4 is 0 Å². The molecule has 0 nitrogen and oxygen atoms in total. The van der Waals surface area contributed by atoms with Crippen LogP contribution in [0.3, 0.4) is 0 Å². The van der Waals surface area contributed by atoms with E-state index in [1.54, 1.807) is 0 Å². The van der Waals surface area contributed by atoms with Crippen molar-refractivity contribution < 1.29 is 26.2 Å². The third-order valence-electron chi connectivity index (χ3n) is 3.84. The van der Waals surface area contributed by atoms with Gasteiger partial charge in [-0.1, -0.05) is 91.0 Å². The Labute approximate surface area is 175 Å². The van der Waals surface area contributed by atoms with Crippen molar-refractivity contribution in [2.75, 3.05) is 0 Å². The summed E-state index contributed by atoms with van der Waals surface area (Å²) in [4.78, 5) is 0. The van der Waals surface area contributed by atoms with E-state index in [2.05, 4.69) is 91.0 Å². The number of allylic oxidation sites excluding steroid dienone is 2. The van der Waals surface area contributed by atoms with Gasteiger partial charge in [0.05, 0.1) is 0 Å². The Morgan fingerprint density at radius 1 is 0.538 bits per heavy atom. The van der Waals surface area contributed by atoms with Crippen molar-refractivity contribution in [1.29, 1.82) is 0 Å². The Hall–Kier alpha value is -2.37. The van der Waals surface area contributed by atoms with E-state index in [1.807, 2.05) is 36.4 Å². The first-order valence-electron chi connectivity index (χ1n) is 8.47. The molecule has 4 aromatic carbocycles. The topological polar surface area (TPSA) is 0 Å². The predicted molar refractivity (Wildman–Crippen MR) is 110 cm³/mol. The largest absolute Gasteiger partial charge is 0.168 e. The molecular formula is C25H21Zr-. The zero-order valence-electron chi connectivity index (χ0n) is 14.6. The molecule has 0 saturated heterocycles. The van der Waals surface area contributed by atoms with Crippen molar-refractivity contribution in [2.45, 2.75) is 0 Å². The standard InChI is InChI=1S/C16H14.C9H7.Zr/c1-3-9-15(10-4-1)13-7-8-14-16-11-5-2-6-12-16;1-2-5-9-7-3-6-8(9)4-1;/h1-14H;1-7H;/q;-1;. The van der Waals surface area contributed by atoms with Crippen molar-refractivity contribution in [1.82, 2.24) is 0 Å². The molecule has 0 fully saturated rings. The second-order valence-electron chi connectivity index (χ2n) is 5.69. The molecule has 0 amide bonds. The minimum Gasteiger partial charge on any atom is -0.168 e. The zero-order valence-corrected chi connectivity index (χ0v) is 17.1. The molecule has 26 heavy (non-hydrogen) atoms. The number of hydrogen-bond donors (Lipinski definition) is 0. The van der Waals surface area contributed by atoms with Crippen molar-refractivity contribution in [2.24, 2.45) is 0 Å². The fraction of sp³-hybridized carbons (Fsp3) is 0. The fourth-order valence-electron chi connectivity index (χ4n) is 2.53. The van der Waals surface area contributed by atoms with E-state index >= 15 is 0 Å². The molecule has 0 aromatic heterocycles. The van der Waals surface area contributed by atoms with Gasteiger partial charge in [-0.3, -0.25) is 0 Å². The third-order valence-corrected chi connectivity index (χ3v) is 3.84. The molecule has 126 valence electrons. The summed E-state index contributed by atoms with van der Waals surface area (Å²) in [7, 11) is 0. The van der Waals surface area contributed by atoms with Crippen LogP contribution in [0.25, 0.3) is 22.9 Å². The molecule has 4 aromatic rings. The first-order chi connectivity index (χ1) is 12.4. The molecule has 0 saturated carbocycles.